The van der Waals surface area contributed by atoms with Crippen LogP contribution in [0.1, 0.15) is 38.3 Å². The molecule has 170 valence electrons. The average molecular weight is 465 g/mol. The van der Waals surface area contributed by atoms with Crippen molar-refractivity contribution in [2.45, 2.75) is 32.7 Å². The molecular formula is C25H25ClN4O3. The maximum atomic E-state index is 13.3. The van der Waals surface area contributed by atoms with E-state index >= 15 is 0 Å². The van der Waals surface area contributed by atoms with Gasteiger partial charge in [0, 0.05) is 28.3 Å². The summed E-state index contributed by atoms with van der Waals surface area (Å²) in [6.07, 6.45) is 1.25. The first-order valence-corrected chi connectivity index (χ1v) is 11.1. The lowest BCUT2D eigenvalue weighted by Gasteiger charge is -2.38. The van der Waals surface area contributed by atoms with Crippen molar-refractivity contribution >= 4 is 23.3 Å². The molecule has 1 N–H and O–H groups in total. The van der Waals surface area contributed by atoms with Crippen molar-refractivity contribution in [3.05, 3.63) is 64.3 Å². The van der Waals surface area contributed by atoms with Crippen LogP contribution in [0.25, 0.3) is 11.4 Å². The van der Waals surface area contributed by atoms with Gasteiger partial charge in [-0.2, -0.15) is 4.98 Å². The fourth-order valence-electron chi connectivity index (χ4n) is 4.66. The maximum Gasteiger partial charge on any atom is 0.226 e. The van der Waals surface area contributed by atoms with Crippen molar-refractivity contribution < 1.29 is 14.3 Å². The fraction of sp³-hybridized carbons (Fsp3) is 0.320. The molecule has 7 nitrogen and oxygen atoms in total. The monoisotopic (exact) mass is 464 g/mol. The second-order valence-electron chi connectivity index (χ2n) is 9.19. The van der Waals surface area contributed by atoms with Gasteiger partial charge < -0.3 is 14.8 Å². The lowest BCUT2D eigenvalue weighted by molar-refractivity contribution is -0.118. The van der Waals surface area contributed by atoms with E-state index in [2.05, 4.69) is 19.2 Å². The van der Waals surface area contributed by atoms with E-state index in [1.165, 1.54) is 0 Å². The van der Waals surface area contributed by atoms with Crippen LogP contribution in [-0.4, -0.2) is 34.8 Å². The van der Waals surface area contributed by atoms with Crippen molar-refractivity contribution in [3.8, 4) is 22.9 Å². The number of hydrogen-bond donors (Lipinski definition) is 1. The molecular weight excluding hydrogens is 440 g/mol. The van der Waals surface area contributed by atoms with Crippen molar-refractivity contribution in [1.82, 2.24) is 14.8 Å². The van der Waals surface area contributed by atoms with Gasteiger partial charge in [-0.25, -0.2) is 4.68 Å². The largest absolute Gasteiger partial charge is 0.493 e. The van der Waals surface area contributed by atoms with Gasteiger partial charge in [0.25, 0.3) is 0 Å². The Balaban J connectivity index is 1.65. The molecule has 2 aromatic carbocycles. The van der Waals surface area contributed by atoms with Crippen LogP contribution in [0.4, 0.5) is 5.95 Å². The molecule has 1 aliphatic carbocycles. The van der Waals surface area contributed by atoms with Gasteiger partial charge in [-0.05, 0) is 47.7 Å². The molecule has 0 bridgehead atoms. The molecule has 0 amide bonds. The lowest BCUT2D eigenvalue weighted by atomic mass is 9.73. The number of halogens is 1. The normalized spacial score (nSPS) is 18.9. The minimum Gasteiger partial charge on any atom is -0.493 e. The molecule has 1 aliphatic heterocycles. The molecule has 0 spiro atoms. The van der Waals surface area contributed by atoms with Crippen LogP contribution < -0.4 is 14.8 Å². The fourth-order valence-corrected chi connectivity index (χ4v) is 4.79. The van der Waals surface area contributed by atoms with E-state index in [9.17, 15) is 4.79 Å². The predicted octanol–water partition coefficient (Wildman–Crippen LogP) is 5.27. The number of hydrogen-bond acceptors (Lipinski definition) is 6. The Morgan fingerprint density at radius 2 is 1.79 bits per heavy atom. The third-order valence-electron chi connectivity index (χ3n) is 6.16. The highest BCUT2D eigenvalue weighted by Gasteiger charge is 2.41. The Labute approximate surface area is 197 Å². The van der Waals surface area contributed by atoms with Gasteiger partial charge in [0.15, 0.2) is 23.1 Å². The molecule has 0 saturated heterocycles. The highest BCUT2D eigenvalue weighted by Crippen LogP contribution is 2.46. The van der Waals surface area contributed by atoms with Crippen molar-refractivity contribution in [1.29, 1.82) is 0 Å². The number of Topliss-reactive ketones (excluding diaryl/α,β-unsaturated/α-hetero) is 1. The Bertz CT molecular complexity index is 1280. The number of nitrogens with one attached hydrogen (secondary N) is 1. The summed E-state index contributed by atoms with van der Waals surface area (Å²) in [4.78, 5) is 18.1. The molecule has 0 fully saturated rings. The summed E-state index contributed by atoms with van der Waals surface area (Å²) in [7, 11) is 3.19. The number of benzene rings is 2. The number of ketones is 1. The highest BCUT2D eigenvalue weighted by atomic mass is 35.5. The standard InChI is InChI=1S/C25H25ClN4O3/c1-25(2)12-17-21(18(31)13-25)22(14-5-8-16(26)9-6-14)30-24(27-17)28-23(29-30)15-7-10-19(32-3)20(11-15)33-4/h5-11,22H,12-13H2,1-4H3,(H,27,28,29)/t22-/m0/s1. The van der Waals surface area contributed by atoms with Crippen LogP contribution in [0.15, 0.2) is 53.7 Å². The number of carbonyl (C=O) groups is 1. The van der Waals surface area contributed by atoms with E-state index in [0.717, 1.165) is 28.8 Å². The molecule has 33 heavy (non-hydrogen) atoms. The van der Waals surface area contributed by atoms with Crippen molar-refractivity contribution in [2.75, 3.05) is 19.5 Å². The number of fused-ring (bicyclic) bond motifs is 1. The number of ether oxygens (including phenoxy) is 2. The second-order valence-corrected chi connectivity index (χ2v) is 9.62. The topological polar surface area (TPSA) is 78.3 Å². The number of anilines is 1. The van der Waals surface area contributed by atoms with Gasteiger partial charge in [0.05, 0.1) is 14.2 Å². The number of allylic oxidation sites excluding steroid dienone is 2. The zero-order valence-corrected chi connectivity index (χ0v) is 19.7. The molecule has 0 saturated carbocycles. The summed E-state index contributed by atoms with van der Waals surface area (Å²) in [6.45, 7) is 4.23. The molecule has 5 rings (SSSR count). The van der Waals surface area contributed by atoms with Crippen LogP contribution in [0.3, 0.4) is 0 Å². The van der Waals surface area contributed by atoms with Crippen LogP contribution in [0.2, 0.25) is 5.02 Å². The average Bonchev–Trinajstić information content (AvgIpc) is 3.20. The molecule has 1 atom stereocenters. The Morgan fingerprint density at radius 3 is 2.48 bits per heavy atom. The molecule has 0 unspecified atom stereocenters. The van der Waals surface area contributed by atoms with E-state index in [1.807, 2.05) is 42.5 Å². The predicted molar refractivity (Wildman–Crippen MR) is 127 cm³/mol. The first-order chi connectivity index (χ1) is 15.8. The summed E-state index contributed by atoms with van der Waals surface area (Å²) in [6, 6.07) is 12.7. The Kier molecular flexibility index (Phi) is 5.16. The van der Waals surface area contributed by atoms with Gasteiger partial charge in [0.2, 0.25) is 5.95 Å². The van der Waals surface area contributed by atoms with Crippen LogP contribution in [-0.2, 0) is 4.79 Å². The summed E-state index contributed by atoms with van der Waals surface area (Å²) in [5.41, 5.74) is 3.26. The van der Waals surface area contributed by atoms with Crippen LogP contribution in [0, 0.1) is 5.41 Å². The number of methoxy groups -OCH3 is 2. The molecule has 0 radical (unpaired) electrons. The van der Waals surface area contributed by atoms with E-state index < -0.39 is 0 Å². The van der Waals surface area contributed by atoms with Gasteiger partial charge in [0.1, 0.15) is 6.04 Å². The summed E-state index contributed by atoms with van der Waals surface area (Å²) < 4.78 is 12.6. The lowest BCUT2D eigenvalue weighted by Crippen LogP contribution is -2.36. The zero-order chi connectivity index (χ0) is 23.3. The first-order valence-electron chi connectivity index (χ1n) is 10.8. The smallest absolute Gasteiger partial charge is 0.226 e. The summed E-state index contributed by atoms with van der Waals surface area (Å²) in [5.74, 6) is 2.49. The molecule has 1 aromatic heterocycles. The van der Waals surface area contributed by atoms with Crippen LogP contribution in [0.5, 0.6) is 11.5 Å². The maximum absolute atomic E-state index is 13.3. The minimum absolute atomic E-state index is 0.123. The third-order valence-corrected chi connectivity index (χ3v) is 6.41. The third kappa shape index (κ3) is 3.76. The Morgan fingerprint density at radius 1 is 1.06 bits per heavy atom. The Hall–Kier alpha value is -3.32. The van der Waals surface area contributed by atoms with Gasteiger partial charge in [-0.15, -0.1) is 5.10 Å². The number of carbonyl (C=O) groups excluding carboxylic acids is 1. The van der Waals surface area contributed by atoms with Crippen LogP contribution >= 0.6 is 11.6 Å². The number of aromatic nitrogens is 3. The van der Waals surface area contributed by atoms with E-state index in [-0.39, 0.29) is 17.2 Å². The molecule has 8 heteroatoms. The SMILES string of the molecule is COc1ccc(-c2nc3n(n2)[C@@H](c2ccc(Cl)cc2)C2=C(CC(C)(C)CC2=O)N3)cc1OC. The van der Waals surface area contributed by atoms with Gasteiger partial charge >= 0.3 is 0 Å². The quantitative estimate of drug-likeness (QED) is 0.566. The first kappa shape index (κ1) is 21.5. The van der Waals surface area contributed by atoms with Gasteiger partial charge in [-0.3, -0.25) is 4.79 Å². The second kappa shape index (κ2) is 7.92. The molecule has 2 heterocycles. The number of rotatable bonds is 4. The molecule has 3 aromatic rings. The van der Waals surface area contributed by atoms with Crippen molar-refractivity contribution in [3.63, 3.8) is 0 Å². The van der Waals surface area contributed by atoms with E-state index in [1.54, 1.807) is 18.9 Å². The van der Waals surface area contributed by atoms with E-state index in [0.29, 0.717) is 34.7 Å². The zero-order valence-electron chi connectivity index (χ0n) is 19.0. The van der Waals surface area contributed by atoms with Crippen molar-refractivity contribution in [2.24, 2.45) is 5.41 Å². The number of nitrogens with zero attached hydrogens (tertiary/aromatic N) is 3. The van der Waals surface area contributed by atoms with E-state index in [4.69, 9.17) is 31.2 Å². The summed E-state index contributed by atoms with van der Waals surface area (Å²) in [5, 5.41) is 8.87. The highest BCUT2D eigenvalue weighted by molar-refractivity contribution is 6.30. The minimum atomic E-state index is -0.376. The summed E-state index contributed by atoms with van der Waals surface area (Å²) >= 11 is 6.14. The molecule has 2 aliphatic rings. The van der Waals surface area contributed by atoms with Gasteiger partial charge in [-0.1, -0.05) is 37.6 Å².